The maximum absolute atomic E-state index is 13.8. The fourth-order valence-electron chi connectivity index (χ4n) is 1.94. The maximum atomic E-state index is 13.8. The number of aromatic nitrogens is 2. The molecule has 23 heavy (non-hydrogen) atoms. The Morgan fingerprint density at radius 1 is 1.04 bits per heavy atom. The first kappa shape index (κ1) is 17.1. The second-order valence-electron chi connectivity index (χ2n) is 4.87. The third kappa shape index (κ3) is 3.57. The van der Waals surface area contributed by atoms with Crippen LogP contribution in [-0.4, -0.2) is 9.78 Å². The van der Waals surface area contributed by atoms with Gasteiger partial charge in [0.2, 0.25) is 0 Å². The van der Waals surface area contributed by atoms with Crippen LogP contribution in [0.3, 0.4) is 0 Å². The Morgan fingerprint density at radius 2 is 1.65 bits per heavy atom. The molecule has 1 heterocycles. The van der Waals surface area contributed by atoms with E-state index in [9.17, 15) is 30.7 Å². The van der Waals surface area contributed by atoms with Gasteiger partial charge < -0.3 is 5.73 Å². The van der Waals surface area contributed by atoms with Crippen LogP contribution in [0.25, 0.3) is 0 Å². The van der Waals surface area contributed by atoms with Crippen molar-refractivity contribution in [1.29, 1.82) is 0 Å². The number of alkyl halides is 6. The Morgan fingerprint density at radius 3 is 2.17 bits per heavy atom. The third-order valence-corrected chi connectivity index (χ3v) is 3.12. The summed E-state index contributed by atoms with van der Waals surface area (Å²) in [6.07, 6.45) is -10.1. The lowest BCUT2D eigenvalue weighted by molar-refractivity contribution is -0.144. The van der Waals surface area contributed by atoms with Crippen LogP contribution >= 0.6 is 0 Å². The van der Waals surface area contributed by atoms with Crippen LogP contribution < -0.4 is 5.73 Å². The highest BCUT2D eigenvalue weighted by molar-refractivity contribution is 5.48. The van der Waals surface area contributed by atoms with Crippen molar-refractivity contribution in [2.45, 2.75) is 25.8 Å². The van der Waals surface area contributed by atoms with Gasteiger partial charge in [-0.25, -0.2) is 4.39 Å². The second-order valence-corrected chi connectivity index (χ2v) is 4.87. The number of hydrogen-bond donors (Lipinski definition) is 1. The van der Waals surface area contributed by atoms with Gasteiger partial charge in [0.1, 0.15) is 11.5 Å². The van der Waals surface area contributed by atoms with Crippen molar-refractivity contribution in [1.82, 2.24) is 9.78 Å². The normalized spacial score (nSPS) is 12.7. The molecule has 2 N–H and O–H groups in total. The number of aryl methyl sites for hydroxylation is 1. The van der Waals surface area contributed by atoms with Gasteiger partial charge in [-0.15, -0.1) is 0 Å². The van der Waals surface area contributed by atoms with Gasteiger partial charge in [-0.2, -0.15) is 31.4 Å². The lowest BCUT2D eigenvalue weighted by Crippen LogP contribution is -2.16. The van der Waals surface area contributed by atoms with Gasteiger partial charge in [0.05, 0.1) is 6.54 Å². The molecule has 0 radical (unpaired) electrons. The molecule has 126 valence electrons. The number of benzene rings is 1. The fourth-order valence-corrected chi connectivity index (χ4v) is 1.94. The number of nitrogen functional groups attached to an aromatic ring is 1. The van der Waals surface area contributed by atoms with Gasteiger partial charge >= 0.3 is 12.4 Å². The van der Waals surface area contributed by atoms with Crippen molar-refractivity contribution in [3.8, 4) is 0 Å². The SMILES string of the molecule is Cc1cc(Cn2nc(C(F)(F)F)cc2C(F)(F)F)c(F)cc1N. The summed E-state index contributed by atoms with van der Waals surface area (Å²) in [5.74, 6) is -0.926. The summed E-state index contributed by atoms with van der Waals surface area (Å²) < 4.78 is 90.1. The molecule has 0 aliphatic heterocycles. The molecule has 0 saturated carbocycles. The number of hydrogen-bond acceptors (Lipinski definition) is 2. The summed E-state index contributed by atoms with van der Waals surface area (Å²) in [6, 6.07) is 1.95. The fraction of sp³-hybridized carbons (Fsp3) is 0.308. The van der Waals surface area contributed by atoms with Crippen LogP contribution in [0, 0.1) is 12.7 Å². The highest BCUT2D eigenvalue weighted by atomic mass is 19.4. The Labute approximate surface area is 125 Å². The minimum absolute atomic E-state index is 0.0802. The quantitative estimate of drug-likeness (QED) is 0.663. The van der Waals surface area contributed by atoms with Crippen LogP contribution in [0.1, 0.15) is 22.5 Å². The number of halogens is 7. The topological polar surface area (TPSA) is 43.8 Å². The second kappa shape index (κ2) is 5.43. The monoisotopic (exact) mass is 341 g/mol. The highest BCUT2D eigenvalue weighted by Crippen LogP contribution is 2.35. The van der Waals surface area contributed by atoms with E-state index in [0.717, 1.165) is 6.07 Å². The first-order valence-corrected chi connectivity index (χ1v) is 6.16. The van der Waals surface area contributed by atoms with Crippen molar-refractivity contribution in [2.75, 3.05) is 5.73 Å². The summed E-state index contributed by atoms with van der Waals surface area (Å²) in [5.41, 5.74) is 2.36. The molecule has 0 aliphatic rings. The van der Waals surface area contributed by atoms with Crippen LogP contribution in [0.4, 0.5) is 36.4 Å². The highest BCUT2D eigenvalue weighted by Gasteiger charge is 2.41. The molecule has 2 rings (SSSR count). The first-order chi connectivity index (χ1) is 10.4. The van der Waals surface area contributed by atoms with Crippen LogP contribution in [0.15, 0.2) is 18.2 Å². The maximum Gasteiger partial charge on any atom is 0.435 e. The summed E-state index contributed by atoms with van der Waals surface area (Å²) in [5, 5.41) is 2.91. The standard InChI is InChI=1S/C13H10F7N3/c1-6-2-7(8(14)3-9(6)21)5-23-11(13(18,19)20)4-10(22-23)12(15,16)17/h2-4H,5,21H2,1H3. The predicted octanol–water partition coefficient (Wildman–Crippen LogP) is 4.00. The van der Waals surface area contributed by atoms with Gasteiger partial charge in [0, 0.05) is 17.3 Å². The third-order valence-electron chi connectivity index (χ3n) is 3.12. The Kier molecular flexibility index (Phi) is 4.03. The molecule has 3 nitrogen and oxygen atoms in total. The van der Waals surface area contributed by atoms with Gasteiger partial charge in [-0.1, -0.05) is 0 Å². The summed E-state index contributed by atoms with van der Waals surface area (Å²) >= 11 is 0. The molecule has 0 spiro atoms. The summed E-state index contributed by atoms with van der Waals surface area (Å²) in [4.78, 5) is 0. The minimum atomic E-state index is -5.06. The van der Waals surface area contributed by atoms with E-state index in [4.69, 9.17) is 5.73 Å². The van der Waals surface area contributed by atoms with Crippen molar-refractivity contribution >= 4 is 5.69 Å². The average Bonchev–Trinajstić information content (AvgIpc) is 2.79. The predicted molar refractivity (Wildman–Crippen MR) is 66.9 cm³/mol. The molecular weight excluding hydrogens is 331 g/mol. The molecule has 0 aliphatic carbocycles. The van der Waals surface area contributed by atoms with Crippen LogP contribution in [0.5, 0.6) is 0 Å². The van der Waals surface area contributed by atoms with E-state index >= 15 is 0 Å². The Bertz CT molecular complexity index is 728. The Balaban J connectivity index is 2.51. The average molecular weight is 341 g/mol. The molecule has 0 atom stereocenters. The number of nitrogens with zero attached hydrogens (tertiary/aromatic N) is 2. The van der Waals surface area contributed by atoms with Gasteiger partial charge in [-0.3, -0.25) is 4.68 Å². The van der Waals surface area contributed by atoms with E-state index in [1.165, 1.54) is 13.0 Å². The van der Waals surface area contributed by atoms with E-state index in [2.05, 4.69) is 5.10 Å². The minimum Gasteiger partial charge on any atom is -0.398 e. The molecule has 0 unspecified atom stereocenters. The van der Waals surface area contributed by atoms with Crippen molar-refractivity contribution in [3.63, 3.8) is 0 Å². The van der Waals surface area contributed by atoms with Crippen molar-refractivity contribution < 1.29 is 30.7 Å². The molecule has 1 aromatic carbocycles. The Hall–Kier alpha value is -2.26. The van der Waals surface area contributed by atoms with Crippen LogP contribution in [-0.2, 0) is 18.9 Å². The molecular formula is C13H10F7N3. The van der Waals surface area contributed by atoms with Crippen LogP contribution in [0.2, 0.25) is 0 Å². The number of nitrogens with two attached hydrogens (primary N) is 1. The summed E-state index contributed by atoms with van der Waals surface area (Å²) in [7, 11) is 0. The zero-order valence-electron chi connectivity index (χ0n) is 11.6. The van der Waals surface area contributed by atoms with Crippen molar-refractivity contribution in [2.24, 2.45) is 0 Å². The van der Waals surface area contributed by atoms with E-state index in [1.807, 2.05) is 0 Å². The zero-order chi connectivity index (χ0) is 17.6. The molecule has 1 aromatic heterocycles. The summed E-state index contributed by atoms with van der Waals surface area (Å²) in [6.45, 7) is 0.686. The van der Waals surface area contributed by atoms with E-state index in [1.54, 1.807) is 0 Å². The van der Waals surface area contributed by atoms with E-state index in [-0.39, 0.29) is 22.0 Å². The molecule has 0 fully saturated rings. The number of rotatable bonds is 2. The van der Waals surface area contributed by atoms with Gasteiger partial charge in [0.25, 0.3) is 0 Å². The smallest absolute Gasteiger partial charge is 0.398 e. The van der Waals surface area contributed by atoms with Gasteiger partial charge in [-0.05, 0) is 24.6 Å². The molecule has 0 amide bonds. The van der Waals surface area contributed by atoms with E-state index < -0.39 is 36.1 Å². The van der Waals surface area contributed by atoms with E-state index in [0.29, 0.717) is 5.56 Å². The van der Waals surface area contributed by atoms with Crippen molar-refractivity contribution in [3.05, 3.63) is 46.5 Å². The first-order valence-electron chi connectivity index (χ1n) is 6.16. The largest absolute Gasteiger partial charge is 0.435 e. The lowest BCUT2D eigenvalue weighted by atomic mass is 10.1. The molecule has 0 saturated heterocycles. The molecule has 0 bridgehead atoms. The van der Waals surface area contributed by atoms with Gasteiger partial charge in [0.15, 0.2) is 5.69 Å². The lowest BCUT2D eigenvalue weighted by Gasteiger charge is -2.12. The zero-order valence-corrected chi connectivity index (χ0v) is 11.6. The number of anilines is 1. The molecule has 10 heteroatoms. The molecule has 2 aromatic rings.